The van der Waals surface area contributed by atoms with Crippen LogP contribution in [0.5, 0.6) is 0 Å². The highest BCUT2D eigenvalue weighted by atomic mass is 16.4. The van der Waals surface area contributed by atoms with E-state index in [9.17, 15) is 0 Å². The molecule has 0 amide bonds. The van der Waals surface area contributed by atoms with Crippen LogP contribution in [0.2, 0.25) is 0 Å². The van der Waals surface area contributed by atoms with Gasteiger partial charge < -0.3 is 10.1 Å². The quantitative estimate of drug-likeness (QED) is 0.258. The van der Waals surface area contributed by atoms with Gasteiger partial charge in [-0.05, 0) is 12.1 Å². The first-order valence-electron chi connectivity index (χ1n) is 5.21. The Balaban J connectivity index is 2.10. The highest BCUT2D eigenvalue weighted by Gasteiger charge is 2.25. The molecule has 0 aliphatic carbocycles. The fourth-order valence-electron chi connectivity index (χ4n) is 1.73. The average molecular weight is 213 g/mol. The van der Waals surface area contributed by atoms with Crippen molar-refractivity contribution in [1.29, 1.82) is 0 Å². The minimum Gasteiger partial charge on any atom is -0.409 e. The summed E-state index contributed by atoms with van der Waals surface area (Å²) in [4.78, 5) is 6.44. The molecule has 1 aliphatic rings. The van der Waals surface area contributed by atoms with Crippen molar-refractivity contribution in [3.8, 4) is 0 Å². The molecule has 0 radical (unpaired) electrons. The van der Waals surface area contributed by atoms with Crippen molar-refractivity contribution in [2.24, 2.45) is 5.16 Å². The van der Waals surface area contributed by atoms with E-state index in [1.54, 1.807) is 0 Å². The van der Waals surface area contributed by atoms with Crippen LogP contribution in [0.1, 0.15) is 5.69 Å². The Morgan fingerprint density at radius 1 is 1.19 bits per heavy atom. The van der Waals surface area contributed by atoms with Crippen molar-refractivity contribution in [2.45, 2.75) is 0 Å². The van der Waals surface area contributed by atoms with Gasteiger partial charge in [0.05, 0.1) is 5.52 Å². The van der Waals surface area contributed by atoms with Gasteiger partial charge in [0.15, 0.2) is 5.84 Å². The summed E-state index contributed by atoms with van der Waals surface area (Å²) in [5, 5.41) is 13.4. The second-order valence-corrected chi connectivity index (χ2v) is 3.80. The van der Waals surface area contributed by atoms with Crippen molar-refractivity contribution < 1.29 is 5.21 Å². The molecule has 16 heavy (non-hydrogen) atoms. The Morgan fingerprint density at radius 2 is 2.00 bits per heavy atom. The van der Waals surface area contributed by atoms with Gasteiger partial charge in [-0.15, -0.1) is 0 Å². The summed E-state index contributed by atoms with van der Waals surface area (Å²) in [5.41, 5.74) is 1.64. The highest BCUT2D eigenvalue weighted by molar-refractivity contribution is 5.99. The lowest BCUT2D eigenvalue weighted by molar-refractivity contribution is 0.314. The lowest BCUT2D eigenvalue weighted by Gasteiger charge is -2.05. The Morgan fingerprint density at radius 3 is 2.75 bits per heavy atom. The van der Waals surface area contributed by atoms with Crippen LogP contribution in [-0.2, 0) is 0 Å². The van der Waals surface area contributed by atoms with E-state index >= 15 is 0 Å². The fraction of sp³-hybridized carbons (Fsp3) is 0.167. The van der Waals surface area contributed by atoms with E-state index in [2.05, 4.69) is 10.1 Å². The molecule has 1 aliphatic heterocycles. The molecule has 2 heterocycles. The smallest absolute Gasteiger partial charge is 0.194 e. The second kappa shape index (κ2) is 3.48. The summed E-state index contributed by atoms with van der Waals surface area (Å²) in [7, 11) is 0. The van der Waals surface area contributed by atoms with E-state index in [0.29, 0.717) is 5.84 Å². The third-order valence-electron chi connectivity index (χ3n) is 2.67. The summed E-state index contributed by atoms with van der Waals surface area (Å²) >= 11 is 0. The van der Waals surface area contributed by atoms with Crippen LogP contribution in [0.3, 0.4) is 0 Å². The van der Waals surface area contributed by atoms with Gasteiger partial charge in [-0.25, -0.2) is 4.98 Å². The zero-order valence-corrected chi connectivity index (χ0v) is 8.67. The molecule has 1 fully saturated rings. The van der Waals surface area contributed by atoms with Gasteiger partial charge in [-0.3, -0.25) is 0 Å². The number of oxime groups is 1. The first kappa shape index (κ1) is 9.15. The summed E-state index contributed by atoms with van der Waals surface area (Å²) in [6.45, 7) is 1.88. The zero-order valence-electron chi connectivity index (χ0n) is 8.67. The highest BCUT2D eigenvalue weighted by Crippen LogP contribution is 2.16. The van der Waals surface area contributed by atoms with Gasteiger partial charge >= 0.3 is 0 Å². The summed E-state index contributed by atoms with van der Waals surface area (Å²) in [5.74, 6) is 0.561. The number of fused-ring (bicyclic) bond motifs is 1. The predicted octanol–water partition coefficient (Wildman–Crippen LogP) is 1.69. The molecule has 80 valence electrons. The van der Waals surface area contributed by atoms with Crippen LogP contribution in [0, 0.1) is 0 Å². The van der Waals surface area contributed by atoms with E-state index < -0.39 is 0 Å². The molecule has 1 aromatic carbocycles. The number of hydrogen-bond donors (Lipinski definition) is 1. The minimum absolute atomic E-state index is 0.561. The van der Waals surface area contributed by atoms with Crippen molar-refractivity contribution in [2.75, 3.05) is 13.1 Å². The number of para-hydroxylation sites is 1. The average Bonchev–Trinajstić information content (AvgIpc) is 3.14. The molecule has 0 saturated carbocycles. The molecule has 3 rings (SSSR count). The summed E-state index contributed by atoms with van der Waals surface area (Å²) in [6, 6.07) is 11.8. The van der Waals surface area contributed by atoms with Crippen molar-refractivity contribution in [1.82, 2.24) is 9.88 Å². The van der Waals surface area contributed by atoms with Crippen LogP contribution < -0.4 is 0 Å². The molecule has 2 aromatic rings. The van der Waals surface area contributed by atoms with Crippen LogP contribution in [0.25, 0.3) is 10.9 Å². The normalized spacial score (nSPS) is 15.5. The van der Waals surface area contributed by atoms with Crippen molar-refractivity contribution in [3.05, 3.63) is 42.1 Å². The standard InChI is InChI=1S/C12H11N3O/c16-14-12(15-7-8-15)11-6-5-9-3-1-2-4-10(9)13-11/h1-6,16H,7-8H2/b14-12+. The van der Waals surface area contributed by atoms with Gasteiger partial charge in [0.1, 0.15) is 5.69 Å². The molecular formula is C12H11N3O. The monoisotopic (exact) mass is 213 g/mol. The maximum absolute atomic E-state index is 8.97. The maximum Gasteiger partial charge on any atom is 0.194 e. The first-order chi connectivity index (χ1) is 7.88. The molecule has 1 N–H and O–H groups in total. The second-order valence-electron chi connectivity index (χ2n) is 3.80. The summed E-state index contributed by atoms with van der Waals surface area (Å²) < 4.78 is 0. The largest absolute Gasteiger partial charge is 0.409 e. The van der Waals surface area contributed by atoms with Gasteiger partial charge in [-0.2, -0.15) is 0 Å². The van der Waals surface area contributed by atoms with Crippen molar-refractivity contribution >= 4 is 16.7 Å². The van der Waals surface area contributed by atoms with Crippen molar-refractivity contribution in [3.63, 3.8) is 0 Å². The molecule has 4 nitrogen and oxygen atoms in total. The third-order valence-corrected chi connectivity index (χ3v) is 2.67. The topological polar surface area (TPSA) is 48.5 Å². The number of rotatable bonds is 1. The SMILES string of the molecule is O/N=C(\c1ccc2ccccc2n1)N1CC1. The van der Waals surface area contributed by atoms with E-state index in [0.717, 1.165) is 29.7 Å². The molecule has 4 heteroatoms. The number of pyridine rings is 1. The number of benzene rings is 1. The molecule has 1 aromatic heterocycles. The summed E-state index contributed by atoms with van der Waals surface area (Å²) in [6.07, 6.45) is 0. The van der Waals surface area contributed by atoms with Gasteiger partial charge in [0.2, 0.25) is 0 Å². The molecule has 0 spiro atoms. The lowest BCUT2D eigenvalue weighted by Crippen LogP contribution is -2.14. The molecule has 0 unspecified atom stereocenters. The molecule has 0 atom stereocenters. The van der Waals surface area contributed by atoms with Crippen LogP contribution in [0.15, 0.2) is 41.6 Å². The van der Waals surface area contributed by atoms with Gasteiger partial charge in [-0.1, -0.05) is 29.4 Å². The maximum atomic E-state index is 8.97. The van der Waals surface area contributed by atoms with Crippen LogP contribution >= 0.6 is 0 Å². The van der Waals surface area contributed by atoms with E-state index in [-0.39, 0.29) is 0 Å². The first-order valence-corrected chi connectivity index (χ1v) is 5.21. The van der Waals surface area contributed by atoms with E-state index in [1.807, 2.05) is 41.3 Å². The fourth-order valence-corrected chi connectivity index (χ4v) is 1.73. The predicted molar refractivity (Wildman–Crippen MR) is 61.6 cm³/mol. The number of nitrogens with zero attached hydrogens (tertiary/aromatic N) is 3. The minimum atomic E-state index is 0.561. The molecule has 0 bridgehead atoms. The third kappa shape index (κ3) is 1.48. The van der Waals surface area contributed by atoms with Gasteiger partial charge in [0.25, 0.3) is 0 Å². The van der Waals surface area contributed by atoms with Crippen LogP contribution in [0.4, 0.5) is 0 Å². The van der Waals surface area contributed by atoms with Gasteiger partial charge in [0, 0.05) is 18.5 Å². The Bertz CT molecular complexity index is 561. The Kier molecular flexibility index (Phi) is 1.99. The Labute approximate surface area is 92.8 Å². The van der Waals surface area contributed by atoms with E-state index in [1.165, 1.54) is 0 Å². The molecule has 1 saturated heterocycles. The van der Waals surface area contributed by atoms with Crippen LogP contribution in [-0.4, -0.2) is 34.0 Å². The molecular weight excluding hydrogens is 202 g/mol. The number of aromatic nitrogens is 1. The number of hydrogen-bond acceptors (Lipinski definition) is 3. The zero-order chi connectivity index (χ0) is 11.0. The number of amidine groups is 1. The van der Waals surface area contributed by atoms with E-state index in [4.69, 9.17) is 5.21 Å². The lowest BCUT2D eigenvalue weighted by atomic mass is 10.2. The Hall–Kier alpha value is -2.10.